The first-order valence-electron chi connectivity index (χ1n) is 4.63. The van der Waals surface area contributed by atoms with Gasteiger partial charge in [0.05, 0.1) is 30.1 Å². The van der Waals surface area contributed by atoms with E-state index in [0.717, 1.165) is 5.69 Å². The Kier molecular flexibility index (Phi) is 3.80. The first kappa shape index (κ1) is 13.1. The normalized spacial score (nSPS) is 9.76. The van der Waals surface area contributed by atoms with Crippen LogP contribution in [0.4, 0.5) is 0 Å². The molecule has 17 heavy (non-hydrogen) atoms. The molecule has 7 heteroatoms. The van der Waals surface area contributed by atoms with Crippen LogP contribution >= 0.6 is 12.4 Å². The number of carboxylic acid groups (broad SMARTS) is 1. The van der Waals surface area contributed by atoms with E-state index >= 15 is 0 Å². The van der Waals surface area contributed by atoms with Crippen LogP contribution in [0.15, 0.2) is 18.7 Å². The second-order valence-corrected chi connectivity index (χ2v) is 3.38. The lowest BCUT2D eigenvalue weighted by Gasteiger charge is -2.04. The van der Waals surface area contributed by atoms with Crippen LogP contribution in [0.5, 0.6) is 0 Å². The number of aryl methyl sites for hydroxylation is 2. The summed E-state index contributed by atoms with van der Waals surface area (Å²) >= 11 is 0. The molecule has 0 atom stereocenters. The summed E-state index contributed by atoms with van der Waals surface area (Å²) in [6.07, 6.45) is 4.78. The summed E-state index contributed by atoms with van der Waals surface area (Å²) in [5.74, 6) is -1.07. The summed E-state index contributed by atoms with van der Waals surface area (Å²) in [6.45, 7) is 1.61. The van der Waals surface area contributed by atoms with E-state index in [4.69, 9.17) is 5.11 Å². The van der Waals surface area contributed by atoms with Crippen LogP contribution in [0.25, 0.3) is 11.4 Å². The molecule has 0 spiro atoms. The van der Waals surface area contributed by atoms with Gasteiger partial charge in [-0.3, -0.25) is 4.98 Å². The number of hydrogen-bond donors (Lipinski definition) is 1. The van der Waals surface area contributed by atoms with E-state index in [2.05, 4.69) is 15.0 Å². The summed E-state index contributed by atoms with van der Waals surface area (Å²) in [5, 5.41) is 8.93. The SMILES string of the molecule is Cc1ncc(-c2cncn2C)nc1C(=O)O.Cl. The zero-order chi connectivity index (χ0) is 11.7. The van der Waals surface area contributed by atoms with Gasteiger partial charge in [-0.25, -0.2) is 14.8 Å². The van der Waals surface area contributed by atoms with Gasteiger partial charge >= 0.3 is 5.97 Å². The minimum absolute atomic E-state index is 0. The number of carboxylic acids is 1. The molecule has 2 aromatic rings. The number of imidazole rings is 1. The van der Waals surface area contributed by atoms with Gasteiger partial charge in [-0.1, -0.05) is 0 Å². The Bertz CT molecular complexity index is 553. The monoisotopic (exact) mass is 254 g/mol. The van der Waals surface area contributed by atoms with Gasteiger partial charge in [-0.2, -0.15) is 0 Å². The van der Waals surface area contributed by atoms with Crippen molar-refractivity contribution in [2.75, 3.05) is 0 Å². The van der Waals surface area contributed by atoms with Crippen LogP contribution in [-0.4, -0.2) is 30.6 Å². The maximum Gasteiger partial charge on any atom is 0.356 e. The molecule has 0 aliphatic rings. The Morgan fingerprint density at radius 2 is 2.12 bits per heavy atom. The van der Waals surface area contributed by atoms with E-state index in [-0.39, 0.29) is 18.1 Å². The average molecular weight is 255 g/mol. The van der Waals surface area contributed by atoms with Gasteiger partial charge in [-0.05, 0) is 6.92 Å². The van der Waals surface area contributed by atoms with Gasteiger partial charge in [0.1, 0.15) is 5.69 Å². The summed E-state index contributed by atoms with van der Waals surface area (Å²) in [6, 6.07) is 0. The van der Waals surface area contributed by atoms with Crippen molar-refractivity contribution in [1.82, 2.24) is 19.5 Å². The second-order valence-electron chi connectivity index (χ2n) is 3.38. The number of aromatic carboxylic acids is 1. The van der Waals surface area contributed by atoms with E-state index in [1.165, 1.54) is 0 Å². The molecule has 0 radical (unpaired) electrons. The average Bonchev–Trinajstić information content (AvgIpc) is 2.65. The smallest absolute Gasteiger partial charge is 0.356 e. The third kappa shape index (κ3) is 2.42. The van der Waals surface area contributed by atoms with Crippen molar-refractivity contribution in [1.29, 1.82) is 0 Å². The van der Waals surface area contributed by atoms with Crippen LogP contribution in [0.1, 0.15) is 16.2 Å². The first-order chi connectivity index (χ1) is 7.59. The van der Waals surface area contributed by atoms with Crippen molar-refractivity contribution in [3.63, 3.8) is 0 Å². The van der Waals surface area contributed by atoms with Crippen molar-refractivity contribution >= 4 is 18.4 Å². The highest BCUT2D eigenvalue weighted by Gasteiger charge is 2.13. The van der Waals surface area contributed by atoms with Gasteiger partial charge in [-0.15, -0.1) is 12.4 Å². The molecular weight excluding hydrogens is 244 g/mol. The molecule has 2 heterocycles. The summed E-state index contributed by atoms with van der Waals surface area (Å²) in [4.78, 5) is 22.9. The zero-order valence-corrected chi connectivity index (χ0v) is 10.1. The number of aromatic nitrogens is 4. The number of carbonyl (C=O) groups is 1. The Hall–Kier alpha value is -1.95. The van der Waals surface area contributed by atoms with Gasteiger partial charge in [0.2, 0.25) is 0 Å². The fourth-order valence-corrected chi connectivity index (χ4v) is 1.38. The van der Waals surface area contributed by atoms with Crippen molar-refractivity contribution in [3.8, 4) is 11.4 Å². The predicted molar refractivity (Wildman–Crippen MR) is 63.2 cm³/mol. The van der Waals surface area contributed by atoms with E-state index in [0.29, 0.717) is 11.4 Å². The maximum atomic E-state index is 10.9. The summed E-state index contributed by atoms with van der Waals surface area (Å²) < 4.78 is 1.75. The minimum atomic E-state index is -1.07. The quantitative estimate of drug-likeness (QED) is 0.874. The topological polar surface area (TPSA) is 80.9 Å². The molecule has 0 aliphatic heterocycles. The predicted octanol–water partition coefficient (Wildman–Crippen LogP) is 1.31. The molecule has 1 N–H and O–H groups in total. The second kappa shape index (κ2) is 4.92. The van der Waals surface area contributed by atoms with Crippen LogP contribution in [0.2, 0.25) is 0 Å². The molecule has 6 nitrogen and oxygen atoms in total. The van der Waals surface area contributed by atoms with Crippen molar-refractivity contribution in [2.45, 2.75) is 6.92 Å². The summed E-state index contributed by atoms with van der Waals surface area (Å²) in [7, 11) is 1.81. The fraction of sp³-hybridized carbons (Fsp3) is 0.200. The Morgan fingerprint density at radius 3 is 2.65 bits per heavy atom. The lowest BCUT2D eigenvalue weighted by molar-refractivity contribution is 0.0689. The third-order valence-electron chi connectivity index (χ3n) is 2.24. The molecule has 2 aromatic heterocycles. The van der Waals surface area contributed by atoms with Crippen LogP contribution in [0.3, 0.4) is 0 Å². The molecule has 0 fully saturated rings. The molecular formula is C10H11ClN4O2. The highest BCUT2D eigenvalue weighted by atomic mass is 35.5. The van der Waals surface area contributed by atoms with Crippen molar-refractivity contribution in [2.24, 2.45) is 7.05 Å². The van der Waals surface area contributed by atoms with Crippen LogP contribution in [-0.2, 0) is 7.05 Å². The molecule has 0 unspecified atom stereocenters. The van der Waals surface area contributed by atoms with Crippen molar-refractivity contribution in [3.05, 3.63) is 30.1 Å². The molecule has 90 valence electrons. The first-order valence-corrected chi connectivity index (χ1v) is 4.63. The van der Waals surface area contributed by atoms with Gasteiger partial charge < -0.3 is 9.67 Å². The largest absolute Gasteiger partial charge is 0.476 e. The third-order valence-corrected chi connectivity index (χ3v) is 2.24. The summed E-state index contributed by atoms with van der Waals surface area (Å²) in [5.41, 5.74) is 1.61. The Labute approximate surface area is 104 Å². The molecule has 0 aliphatic carbocycles. The number of hydrogen-bond acceptors (Lipinski definition) is 4. The van der Waals surface area contributed by atoms with E-state index in [1.54, 1.807) is 30.2 Å². The molecule has 0 amide bonds. The van der Waals surface area contributed by atoms with Crippen LogP contribution in [0, 0.1) is 6.92 Å². The maximum absolute atomic E-state index is 10.9. The molecule has 0 bridgehead atoms. The Morgan fingerprint density at radius 1 is 1.41 bits per heavy atom. The fourth-order valence-electron chi connectivity index (χ4n) is 1.38. The number of nitrogens with zero attached hydrogens (tertiary/aromatic N) is 4. The number of halogens is 1. The highest BCUT2D eigenvalue weighted by Crippen LogP contribution is 2.15. The van der Waals surface area contributed by atoms with Crippen LogP contribution < -0.4 is 0 Å². The number of rotatable bonds is 2. The standard InChI is InChI=1S/C10H10N4O2.ClH/c1-6-9(10(15)16)13-7(3-12-6)8-4-11-5-14(8)2;/h3-5H,1-2H3,(H,15,16);1H. The molecule has 0 aromatic carbocycles. The van der Waals surface area contributed by atoms with Gasteiger partial charge in [0, 0.05) is 7.05 Å². The van der Waals surface area contributed by atoms with Gasteiger partial charge in [0.25, 0.3) is 0 Å². The lowest BCUT2D eigenvalue weighted by Crippen LogP contribution is -2.07. The minimum Gasteiger partial charge on any atom is -0.476 e. The molecule has 0 saturated heterocycles. The van der Waals surface area contributed by atoms with E-state index in [1.807, 2.05) is 7.05 Å². The van der Waals surface area contributed by atoms with E-state index < -0.39 is 5.97 Å². The highest BCUT2D eigenvalue weighted by molar-refractivity contribution is 5.87. The van der Waals surface area contributed by atoms with Crippen molar-refractivity contribution < 1.29 is 9.90 Å². The molecule has 2 rings (SSSR count). The molecule has 0 saturated carbocycles. The van der Waals surface area contributed by atoms with E-state index in [9.17, 15) is 4.79 Å². The lowest BCUT2D eigenvalue weighted by atomic mass is 10.3. The zero-order valence-electron chi connectivity index (χ0n) is 9.28. The van der Waals surface area contributed by atoms with Gasteiger partial charge in [0.15, 0.2) is 5.69 Å². The Balaban J connectivity index is 0.00000144.